The molecule has 0 fully saturated rings. The largest absolute Gasteiger partial charge is 0.493 e. The van der Waals surface area contributed by atoms with Gasteiger partial charge in [0.05, 0.1) is 45.6 Å². The smallest absolute Gasteiger partial charge is 0.416 e. The number of benzene rings is 3. The first kappa shape index (κ1) is 27.0. The van der Waals surface area contributed by atoms with E-state index in [1.165, 1.54) is 40.6 Å². The third-order valence-corrected chi connectivity index (χ3v) is 6.47. The van der Waals surface area contributed by atoms with Gasteiger partial charge in [0, 0.05) is 6.54 Å². The Bertz CT molecular complexity index is 1310. The zero-order valence-corrected chi connectivity index (χ0v) is 21.4. The van der Waals surface area contributed by atoms with E-state index in [4.69, 9.17) is 23.7 Å². The van der Waals surface area contributed by atoms with Crippen LogP contribution in [0.15, 0.2) is 54.6 Å². The molecule has 0 aromatic heterocycles. The Morgan fingerprint density at radius 3 is 2.24 bits per heavy atom. The minimum absolute atomic E-state index is 0.0405. The van der Waals surface area contributed by atoms with E-state index in [1.54, 1.807) is 29.2 Å². The van der Waals surface area contributed by atoms with E-state index in [9.17, 15) is 18.0 Å². The molecule has 0 N–H and O–H groups in total. The average molecular weight is 532 g/mol. The van der Waals surface area contributed by atoms with E-state index in [2.05, 4.69) is 0 Å². The monoisotopic (exact) mass is 531 g/mol. The second-order valence-corrected chi connectivity index (χ2v) is 8.55. The predicted octanol–water partition coefficient (Wildman–Crippen LogP) is 5.56. The summed E-state index contributed by atoms with van der Waals surface area (Å²) in [5.41, 5.74) is 1.14. The summed E-state index contributed by atoms with van der Waals surface area (Å²) in [6.07, 6.45) is -3.99. The first-order valence-corrected chi connectivity index (χ1v) is 11.8. The second-order valence-electron chi connectivity index (χ2n) is 8.55. The number of alkyl halides is 3. The molecule has 1 heterocycles. The number of methoxy groups -OCH3 is 4. The van der Waals surface area contributed by atoms with Crippen molar-refractivity contribution in [2.45, 2.75) is 18.6 Å². The molecular formula is C28H28F3NO6. The lowest BCUT2D eigenvalue weighted by Gasteiger charge is -2.38. The molecule has 0 saturated heterocycles. The van der Waals surface area contributed by atoms with Crippen molar-refractivity contribution in [2.24, 2.45) is 0 Å². The highest BCUT2D eigenvalue weighted by atomic mass is 19.4. The maximum absolute atomic E-state index is 13.9. The van der Waals surface area contributed by atoms with Crippen LogP contribution >= 0.6 is 0 Å². The number of rotatable bonds is 8. The van der Waals surface area contributed by atoms with Crippen molar-refractivity contribution in [3.05, 3.63) is 76.9 Å². The number of nitrogens with zero attached hydrogens (tertiary/aromatic N) is 1. The van der Waals surface area contributed by atoms with E-state index in [0.717, 1.165) is 23.3 Å². The molecule has 1 unspecified atom stereocenters. The van der Waals surface area contributed by atoms with E-state index in [-0.39, 0.29) is 24.0 Å². The van der Waals surface area contributed by atoms with E-state index < -0.39 is 17.8 Å². The molecule has 202 valence electrons. The van der Waals surface area contributed by atoms with Gasteiger partial charge < -0.3 is 28.6 Å². The third-order valence-electron chi connectivity index (χ3n) is 6.47. The van der Waals surface area contributed by atoms with Gasteiger partial charge in [0.1, 0.15) is 12.4 Å². The molecule has 1 aliphatic heterocycles. The zero-order valence-electron chi connectivity index (χ0n) is 21.4. The van der Waals surface area contributed by atoms with Gasteiger partial charge in [-0.1, -0.05) is 12.1 Å². The lowest BCUT2D eigenvalue weighted by molar-refractivity contribution is -0.137. The molecule has 1 aliphatic rings. The van der Waals surface area contributed by atoms with Crippen LogP contribution in [0.25, 0.3) is 0 Å². The van der Waals surface area contributed by atoms with E-state index in [0.29, 0.717) is 35.8 Å². The molecule has 7 nitrogen and oxygen atoms in total. The van der Waals surface area contributed by atoms with Crippen LogP contribution in [0.5, 0.6) is 28.7 Å². The van der Waals surface area contributed by atoms with Crippen molar-refractivity contribution in [1.29, 1.82) is 0 Å². The standard InChI is InChI=1S/C28H28F3NO6/c1-34-23-10-6-9-20(26(23)37-4)27(33)32-12-11-17-13-24(35-2)25(36-3)15-21(17)22(32)16-38-19-8-5-7-18(14-19)28(29,30)31/h5-10,13-15,22H,11-12,16H2,1-4H3. The molecule has 3 aromatic carbocycles. The zero-order chi connectivity index (χ0) is 27.4. The van der Waals surface area contributed by atoms with Crippen LogP contribution in [0, 0.1) is 0 Å². The van der Waals surface area contributed by atoms with Gasteiger partial charge in [-0.25, -0.2) is 0 Å². The van der Waals surface area contributed by atoms with Gasteiger partial charge >= 0.3 is 6.18 Å². The number of fused-ring (bicyclic) bond motifs is 1. The fraction of sp³-hybridized carbons (Fsp3) is 0.321. The minimum atomic E-state index is -4.51. The number of carbonyl (C=O) groups excluding carboxylic acids is 1. The molecule has 10 heteroatoms. The van der Waals surface area contributed by atoms with Crippen LogP contribution in [-0.2, 0) is 12.6 Å². The molecule has 0 spiro atoms. The summed E-state index contributed by atoms with van der Waals surface area (Å²) in [5, 5.41) is 0. The Morgan fingerprint density at radius 1 is 0.895 bits per heavy atom. The van der Waals surface area contributed by atoms with E-state index >= 15 is 0 Å². The number of carbonyl (C=O) groups is 1. The summed E-state index contributed by atoms with van der Waals surface area (Å²) < 4.78 is 67.4. The Morgan fingerprint density at radius 2 is 1.58 bits per heavy atom. The van der Waals surface area contributed by atoms with Crippen molar-refractivity contribution in [3.63, 3.8) is 0 Å². The molecule has 0 radical (unpaired) electrons. The molecule has 0 saturated carbocycles. The summed E-state index contributed by atoms with van der Waals surface area (Å²) in [6.45, 7) is 0.236. The number of halogens is 3. The van der Waals surface area contributed by atoms with Crippen LogP contribution in [-0.4, -0.2) is 52.4 Å². The Hall–Kier alpha value is -4.08. The normalized spacial score (nSPS) is 14.9. The Labute approximate surface area is 218 Å². The number of amides is 1. The van der Waals surface area contributed by atoms with Gasteiger partial charge in [0.2, 0.25) is 0 Å². The number of para-hydroxylation sites is 1. The van der Waals surface area contributed by atoms with Gasteiger partial charge in [-0.05, 0) is 60.0 Å². The van der Waals surface area contributed by atoms with Crippen molar-refractivity contribution < 1.29 is 41.7 Å². The molecule has 1 amide bonds. The van der Waals surface area contributed by atoms with Crippen LogP contribution in [0.3, 0.4) is 0 Å². The van der Waals surface area contributed by atoms with Gasteiger partial charge in [-0.2, -0.15) is 13.2 Å². The summed E-state index contributed by atoms with van der Waals surface area (Å²) in [6, 6.07) is 12.6. The fourth-order valence-electron chi connectivity index (χ4n) is 4.60. The maximum atomic E-state index is 13.9. The second kappa shape index (κ2) is 11.1. The summed E-state index contributed by atoms with van der Waals surface area (Å²) >= 11 is 0. The predicted molar refractivity (Wildman–Crippen MR) is 134 cm³/mol. The SMILES string of the molecule is COc1cc2c(cc1OC)C(COc1cccc(C(F)(F)F)c1)N(C(=O)c1cccc(OC)c1OC)CC2. The average Bonchev–Trinajstić information content (AvgIpc) is 2.93. The molecule has 4 rings (SSSR count). The molecular weight excluding hydrogens is 503 g/mol. The van der Waals surface area contributed by atoms with Crippen LogP contribution in [0.2, 0.25) is 0 Å². The lowest BCUT2D eigenvalue weighted by atomic mass is 9.91. The highest BCUT2D eigenvalue weighted by Crippen LogP contribution is 2.41. The Kier molecular flexibility index (Phi) is 7.89. The summed E-state index contributed by atoms with van der Waals surface area (Å²) in [4.78, 5) is 15.5. The molecule has 0 bridgehead atoms. The quantitative estimate of drug-likeness (QED) is 0.379. The molecule has 0 aliphatic carbocycles. The highest BCUT2D eigenvalue weighted by Gasteiger charge is 2.35. The number of hydrogen-bond acceptors (Lipinski definition) is 6. The van der Waals surface area contributed by atoms with E-state index in [1.807, 2.05) is 6.07 Å². The van der Waals surface area contributed by atoms with Gasteiger partial charge in [0.25, 0.3) is 5.91 Å². The van der Waals surface area contributed by atoms with Crippen molar-refractivity contribution in [3.8, 4) is 28.7 Å². The van der Waals surface area contributed by atoms with Crippen LogP contribution < -0.4 is 23.7 Å². The third kappa shape index (κ3) is 5.29. The molecule has 3 aromatic rings. The summed E-state index contributed by atoms with van der Waals surface area (Å²) in [5.74, 6) is 1.40. The number of hydrogen-bond donors (Lipinski definition) is 0. The minimum Gasteiger partial charge on any atom is -0.493 e. The van der Waals surface area contributed by atoms with Crippen LogP contribution in [0.4, 0.5) is 13.2 Å². The lowest BCUT2D eigenvalue weighted by Crippen LogP contribution is -2.42. The number of ether oxygens (including phenoxy) is 5. The first-order valence-electron chi connectivity index (χ1n) is 11.8. The topological polar surface area (TPSA) is 66.5 Å². The Balaban J connectivity index is 1.74. The van der Waals surface area contributed by atoms with Gasteiger partial charge in [0.15, 0.2) is 23.0 Å². The molecule has 1 atom stereocenters. The van der Waals surface area contributed by atoms with Crippen molar-refractivity contribution in [1.82, 2.24) is 4.90 Å². The highest BCUT2D eigenvalue weighted by molar-refractivity contribution is 5.98. The van der Waals surface area contributed by atoms with Crippen molar-refractivity contribution >= 4 is 5.91 Å². The maximum Gasteiger partial charge on any atom is 0.416 e. The van der Waals surface area contributed by atoms with Gasteiger partial charge in [-0.15, -0.1) is 0 Å². The molecule has 38 heavy (non-hydrogen) atoms. The fourth-order valence-corrected chi connectivity index (χ4v) is 4.60. The first-order chi connectivity index (χ1) is 18.2. The summed E-state index contributed by atoms with van der Waals surface area (Å²) in [7, 11) is 5.97. The van der Waals surface area contributed by atoms with Gasteiger partial charge in [-0.3, -0.25) is 4.79 Å². The van der Waals surface area contributed by atoms with Crippen LogP contribution in [0.1, 0.15) is 33.1 Å². The van der Waals surface area contributed by atoms with Crippen molar-refractivity contribution in [2.75, 3.05) is 41.6 Å².